The molecule has 0 heterocycles. The van der Waals surface area contributed by atoms with Gasteiger partial charge in [0.2, 0.25) is 0 Å². The molecule has 0 aliphatic heterocycles. The van der Waals surface area contributed by atoms with Gasteiger partial charge in [0, 0.05) is 16.2 Å². The Labute approximate surface area is 149 Å². The molecule has 1 aromatic carbocycles. The van der Waals surface area contributed by atoms with Gasteiger partial charge in [-0.2, -0.15) is 0 Å². The summed E-state index contributed by atoms with van der Waals surface area (Å²) in [7, 11) is 0. The number of carbonyl (C=O) groups is 2. The Morgan fingerprint density at radius 3 is 2.65 bits per heavy atom. The molecule has 0 aliphatic rings. The van der Waals surface area contributed by atoms with Gasteiger partial charge in [-0.3, -0.25) is 4.79 Å². The highest BCUT2D eigenvalue weighted by atomic mass is 127. The molecule has 0 spiro atoms. The lowest BCUT2D eigenvalue weighted by Gasteiger charge is -2.21. The fourth-order valence-electron chi connectivity index (χ4n) is 2.08. The van der Waals surface area contributed by atoms with Crippen molar-refractivity contribution in [2.75, 3.05) is 13.2 Å². The average molecular weight is 436 g/mol. The summed E-state index contributed by atoms with van der Waals surface area (Å²) in [4.78, 5) is 23.7. The molecule has 2 N–H and O–H groups in total. The molecular formula is C16H22FIN2O3. The lowest BCUT2D eigenvalue weighted by atomic mass is 10.0. The quantitative estimate of drug-likeness (QED) is 0.645. The van der Waals surface area contributed by atoms with E-state index >= 15 is 0 Å². The minimum atomic E-state index is -0.507. The molecule has 1 atom stereocenters. The van der Waals surface area contributed by atoms with Crippen LogP contribution in [-0.4, -0.2) is 31.2 Å². The highest BCUT2D eigenvalue weighted by Crippen LogP contribution is 2.14. The molecule has 0 radical (unpaired) electrons. The second kappa shape index (κ2) is 9.69. The summed E-state index contributed by atoms with van der Waals surface area (Å²) < 4.78 is 18.8. The fourth-order valence-corrected chi connectivity index (χ4v) is 2.66. The van der Waals surface area contributed by atoms with Crippen LogP contribution in [0, 0.1) is 15.3 Å². The van der Waals surface area contributed by atoms with Crippen LogP contribution in [-0.2, 0) is 4.74 Å². The Kier molecular flexibility index (Phi) is 8.29. The van der Waals surface area contributed by atoms with Crippen LogP contribution < -0.4 is 10.6 Å². The first-order valence-electron chi connectivity index (χ1n) is 7.50. The van der Waals surface area contributed by atoms with Crippen molar-refractivity contribution in [3.8, 4) is 0 Å². The van der Waals surface area contributed by atoms with Crippen molar-refractivity contribution in [3.05, 3.63) is 33.1 Å². The molecule has 0 aromatic heterocycles. The van der Waals surface area contributed by atoms with Gasteiger partial charge in [0.15, 0.2) is 0 Å². The summed E-state index contributed by atoms with van der Waals surface area (Å²) in [6, 6.07) is 3.81. The summed E-state index contributed by atoms with van der Waals surface area (Å²) in [5, 5.41) is 5.47. The number of benzene rings is 1. The van der Waals surface area contributed by atoms with Crippen LogP contribution in [0.25, 0.3) is 0 Å². The standard InChI is InChI=1S/C16H22FIN2O3/c1-4-23-16(22)20-12(7-10(2)3)9-19-15(21)13-8-11(17)5-6-14(13)18/h5-6,8,10,12H,4,7,9H2,1-3H3,(H,19,21)(H,20,22). The van der Waals surface area contributed by atoms with Crippen LogP contribution in [0.1, 0.15) is 37.6 Å². The van der Waals surface area contributed by atoms with Gasteiger partial charge in [-0.25, -0.2) is 9.18 Å². The van der Waals surface area contributed by atoms with Gasteiger partial charge in [-0.1, -0.05) is 13.8 Å². The van der Waals surface area contributed by atoms with Gasteiger partial charge in [-0.05, 0) is 60.1 Å². The maximum atomic E-state index is 13.3. The predicted molar refractivity (Wildman–Crippen MR) is 94.9 cm³/mol. The molecule has 128 valence electrons. The third kappa shape index (κ3) is 7.15. The van der Waals surface area contributed by atoms with Crippen molar-refractivity contribution in [3.63, 3.8) is 0 Å². The molecule has 7 heteroatoms. The minimum absolute atomic E-state index is 0.246. The van der Waals surface area contributed by atoms with E-state index in [0.717, 1.165) is 0 Å². The van der Waals surface area contributed by atoms with E-state index in [1.165, 1.54) is 12.1 Å². The molecule has 5 nitrogen and oxygen atoms in total. The lowest BCUT2D eigenvalue weighted by molar-refractivity contribution is 0.0943. The van der Waals surface area contributed by atoms with E-state index < -0.39 is 11.9 Å². The Balaban J connectivity index is 2.67. The molecule has 0 saturated heterocycles. The molecule has 1 unspecified atom stereocenters. The normalized spacial score (nSPS) is 11.9. The molecule has 23 heavy (non-hydrogen) atoms. The predicted octanol–water partition coefficient (Wildman–Crippen LogP) is 3.32. The van der Waals surface area contributed by atoms with Crippen LogP contribution in [0.15, 0.2) is 18.2 Å². The van der Waals surface area contributed by atoms with Crippen molar-refractivity contribution in [1.29, 1.82) is 0 Å². The maximum Gasteiger partial charge on any atom is 0.407 e. The van der Waals surface area contributed by atoms with Gasteiger partial charge in [-0.15, -0.1) is 0 Å². The first-order valence-corrected chi connectivity index (χ1v) is 8.57. The smallest absolute Gasteiger partial charge is 0.407 e. The number of hydrogen-bond acceptors (Lipinski definition) is 3. The Bertz CT molecular complexity index is 552. The van der Waals surface area contributed by atoms with Gasteiger partial charge in [0.25, 0.3) is 5.91 Å². The number of rotatable bonds is 7. The largest absolute Gasteiger partial charge is 0.450 e. The summed E-state index contributed by atoms with van der Waals surface area (Å²) in [6.45, 7) is 6.32. The van der Waals surface area contributed by atoms with Crippen molar-refractivity contribution < 1.29 is 18.7 Å². The zero-order chi connectivity index (χ0) is 17.4. The second-order valence-corrected chi connectivity index (χ2v) is 6.69. The molecule has 0 bridgehead atoms. The topological polar surface area (TPSA) is 67.4 Å². The van der Waals surface area contributed by atoms with E-state index in [0.29, 0.717) is 15.9 Å². The van der Waals surface area contributed by atoms with E-state index in [1.54, 1.807) is 13.0 Å². The van der Waals surface area contributed by atoms with E-state index in [-0.39, 0.29) is 30.7 Å². The second-order valence-electron chi connectivity index (χ2n) is 5.53. The number of nitrogens with one attached hydrogen (secondary N) is 2. The van der Waals surface area contributed by atoms with Crippen molar-refractivity contribution >= 4 is 34.6 Å². The molecule has 1 rings (SSSR count). The summed E-state index contributed by atoms with van der Waals surface area (Å²) in [6.07, 6.45) is 0.187. The zero-order valence-corrected chi connectivity index (χ0v) is 15.6. The molecule has 1 aromatic rings. The monoisotopic (exact) mass is 436 g/mol. The van der Waals surface area contributed by atoms with Crippen LogP contribution in [0.2, 0.25) is 0 Å². The summed E-state index contributed by atoms with van der Waals surface area (Å²) >= 11 is 1.98. The van der Waals surface area contributed by atoms with Gasteiger partial charge < -0.3 is 15.4 Å². The van der Waals surface area contributed by atoms with E-state index in [4.69, 9.17) is 4.74 Å². The Morgan fingerprint density at radius 2 is 2.04 bits per heavy atom. The molecule has 0 saturated carbocycles. The first-order chi connectivity index (χ1) is 10.8. The molecule has 0 aliphatic carbocycles. The van der Waals surface area contributed by atoms with Gasteiger partial charge in [0.05, 0.1) is 12.2 Å². The SMILES string of the molecule is CCOC(=O)NC(CNC(=O)c1cc(F)ccc1I)CC(C)C. The minimum Gasteiger partial charge on any atom is -0.450 e. The third-order valence-corrected chi connectivity index (χ3v) is 3.98. The third-order valence-electron chi connectivity index (χ3n) is 3.04. The fraction of sp³-hybridized carbons (Fsp3) is 0.500. The lowest BCUT2D eigenvalue weighted by Crippen LogP contribution is -2.44. The summed E-state index contributed by atoms with van der Waals surface area (Å²) in [5.74, 6) is -0.486. The molecular weight excluding hydrogens is 414 g/mol. The highest BCUT2D eigenvalue weighted by molar-refractivity contribution is 14.1. The maximum absolute atomic E-state index is 13.3. The number of halogens is 2. The number of alkyl carbamates (subject to hydrolysis) is 1. The van der Waals surface area contributed by atoms with Crippen LogP contribution in [0.4, 0.5) is 9.18 Å². The number of carbonyl (C=O) groups excluding carboxylic acids is 2. The molecule has 2 amide bonds. The van der Waals surface area contributed by atoms with Crippen LogP contribution in [0.3, 0.4) is 0 Å². The van der Waals surface area contributed by atoms with Gasteiger partial charge in [0.1, 0.15) is 5.82 Å². The number of hydrogen-bond donors (Lipinski definition) is 2. The van der Waals surface area contributed by atoms with E-state index in [1.807, 2.05) is 36.4 Å². The van der Waals surface area contributed by atoms with Crippen LogP contribution >= 0.6 is 22.6 Å². The highest BCUT2D eigenvalue weighted by Gasteiger charge is 2.17. The molecule has 0 fully saturated rings. The number of amides is 2. The van der Waals surface area contributed by atoms with Crippen molar-refractivity contribution in [2.45, 2.75) is 33.2 Å². The van der Waals surface area contributed by atoms with Crippen LogP contribution in [0.5, 0.6) is 0 Å². The zero-order valence-electron chi connectivity index (χ0n) is 13.5. The summed E-state index contributed by atoms with van der Waals surface area (Å²) in [5.41, 5.74) is 0.282. The van der Waals surface area contributed by atoms with E-state index in [2.05, 4.69) is 10.6 Å². The van der Waals surface area contributed by atoms with Crippen molar-refractivity contribution in [1.82, 2.24) is 10.6 Å². The van der Waals surface area contributed by atoms with E-state index in [9.17, 15) is 14.0 Å². The van der Waals surface area contributed by atoms with Gasteiger partial charge >= 0.3 is 6.09 Å². The Hall–Kier alpha value is -1.38. The number of ether oxygens (including phenoxy) is 1. The average Bonchev–Trinajstić information content (AvgIpc) is 2.46. The van der Waals surface area contributed by atoms with Crippen molar-refractivity contribution in [2.24, 2.45) is 5.92 Å². The first kappa shape index (κ1) is 19.7. The Morgan fingerprint density at radius 1 is 1.35 bits per heavy atom.